The average Bonchev–Trinajstić information content (AvgIpc) is 3.47. The van der Waals surface area contributed by atoms with Crippen molar-refractivity contribution in [3.63, 3.8) is 0 Å². The number of ether oxygens (including phenoxy) is 3. The van der Waals surface area contributed by atoms with E-state index >= 15 is 0 Å². The Balaban J connectivity index is 1.57. The number of likely N-dealkylation sites (N-methyl/N-ethyl adjacent to an activating group) is 1. The fourth-order valence-corrected chi connectivity index (χ4v) is 6.80. The number of hydrogen-bond donors (Lipinski definition) is 1. The van der Waals surface area contributed by atoms with Crippen molar-refractivity contribution in [2.45, 2.75) is 19.9 Å². The third-order valence-electron chi connectivity index (χ3n) is 6.24. The van der Waals surface area contributed by atoms with Gasteiger partial charge in [0.1, 0.15) is 10.0 Å². The van der Waals surface area contributed by atoms with Gasteiger partial charge in [-0.05, 0) is 42.8 Å². The Bertz CT molecular complexity index is 1340. The minimum atomic E-state index is -0.238. The number of carbonyl (C=O) groups is 1. The van der Waals surface area contributed by atoms with Gasteiger partial charge in [0.2, 0.25) is 5.75 Å². The number of benzene rings is 2. The smallest absolute Gasteiger partial charge is 0.256 e. The number of para-hydroxylation sites is 1. The van der Waals surface area contributed by atoms with E-state index < -0.39 is 0 Å². The van der Waals surface area contributed by atoms with Crippen molar-refractivity contribution in [1.82, 2.24) is 9.88 Å². The Kier molecular flexibility index (Phi) is 6.64. The number of fused-ring (bicyclic) bond motifs is 2. The molecule has 35 heavy (non-hydrogen) atoms. The Morgan fingerprint density at radius 2 is 1.83 bits per heavy atom. The summed E-state index contributed by atoms with van der Waals surface area (Å²) >= 11 is 3.30. The molecule has 0 atom stereocenters. The summed E-state index contributed by atoms with van der Waals surface area (Å²) < 4.78 is 17.4. The Labute approximate surface area is 212 Å². The summed E-state index contributed by atoms with van der Waals surface area (Å²) in [5, 5.41) is 4.94. The maximum Gasteiger partial charge on any atom is 0.256 e. The number of hydrogen-bond acceptors (Lipinski definition) is 8. The van der Waals surface area contributed by atoms with Crippen LogP contribution in [0.3, 0.4) is 0 Å². The highest BCUT2D eigenvalue weighted by atomic mass is 32.1. The molecule has 1 aliphatic rings. The number of methoxy groups -OCH3 is 3. The van der Waals surface area contributed by atoms with E-state index in [1.807, 2.05) is 18.2 Å². The van der Waals surface area contributed by atoms with Crippen LogP contribution in [-0.2, 0) is 13.0 Å². The second-order valence-electron chi connectivity index (χ2n) is 8.18. The standard InChI is InChI=1S/C26H27N3O4S2/c1-5-29-11-10-16-21(14-29)35-26(22(16)25-27-17-8-6-7-9-20(17)34-25)28-24(30)15-12-18(31-2)23(33-4)19(13-15)32-3/h6-9,12-13H,5,10-11,14H2,1-4H3,(H,28,30). The number of rotatable bonds is 7. The van der Waals surface area contributed by atoms with Gasteiger partial charge in [-0.25, -0.2) is 4.98 Å². The summed E-state index contributed by atoms with van der Waals surface area (Å²) in [6, 6.07) is 11.5. The maximum absolute atomic E-state index is 13.5. The second kappa shape index (κ2) is 9.85. The van der Waals surface area contributed by atoms with Crippen LogP contribution in [0.5, 0.6) is 17.2 Å². The molecule has 3 heterocycles. The predicted molar refractivity (Wildman–Crippen MR) is 142 cm³/mol. The molecular formula is C26H27N3O4S2. The van der Waals surface area contributed by atoms with Crippen molar-refractivity contribution in [2.24, 2.45) is 0 Å². The van der Waals surface area contributed by atoms with Gasteiger partial charge in [-0.15, -0.1) is 22.7 Å². The number of nitrogens with zero attached hydrogens (tertiary/aromatic N) is 2. The molecule has 0 bridgehead atoms. The van der Waals surface area contributed by atoms with Crippen molar-refractivity contribution in [2.75, 3.05) is 39.7 Å². The van der Waals surface area contributed by atoms with Gasteiger partial charge in [0.25, 0.3) is 5.91 Å². The monoisotopic (exact) mass is 509 g/mol. The van der Waals surface area contributed by atoms with Crippen LogP contribution in [0.2, 0.25) is 0 Å². The predicted octanol–water partition coefficient (Wildman–Crippen LogP) is 5.68. The van der Waals surface area contributed by atoms with Crippen LogP contribution in [0.4, 0.5) is 5.00 Å². The third-order valence-corrected chi connectivity index (χ3v) is 8.43. The van der Waals surface area contributed by atoms with E-state index in [2.05, 4.69) is 23.2 Å². The first-order valence-corrected chi connectivity index (χ1v) is 13.0. The normalized spacial score (nSPS) is 13.5. The molecule has 5 rings (SSSR count). The lowest BCUT2D eigenvalue weighted by atomic mass is 10.0. The molecular weight excluding hydrogens is 482 g/mol. The number of amides is 1. The SMILES string of the molecule is CCN1CCc2c(sc(NC(=O)c3cc(OC)c(OC)c(OC)c3)c2-c2nc3ccccc3s2)C1. The number of thiophene rings is 1. The lowest BCUT2D eigenvalue weighted by Crippen LogP contribution is -2.29. The van der Waals surface area contributed by atoms with Gasteiger partial charge < -0.3 is 19.5 Å². The van der Waals surface area contributed by atoms with Gasteiger partial charge in [0.05, 0.1) is 31.5 Å². The van der Waals surface area contributed by atoms with Crippen LogP contribution in [0.25, 0.3) is 20.8 Å². The largest absolute Gasteiger partial charge is 0.493 e. The zero-order valence-electron chi connectivity index (χ0n) is 20.1. The quantitative estimate of drug-likeness (QED) is 0.346. The molecule has 2 aromatic carbocycles. The average molecular weight is 510 g/mol. The topological polar surface area (TPSA) is 72.9 Å². The molecule has 1 aliphatic heterocycles. The second-order valence-corrected chi connectivity index (χ2v) is 10.3. The van der Waals surface area contributed by atoms with Gasteiger partial charge >= 0.3 is 0 Å². The lowest BCUT2D eigenvalue weighted by molar-refractivity contribution is 0.102. The molecule has 182 valence electrons. The fraction of sp³-hybridized carbons (Fsp3) is 0.308. The van der Waals surface area contributed by atoms with Crippen LogP contribution in [-0.4, -0.2) is 50.2 Å². The number of nitrogens with one attached hydrogen (secondary N) is 1. The lowest BCUT2D eigenvalue weighted by Gasteiger charge is -2.25. The van der Waals surface area contributed by atoms with Gasteiger partial charge in [0.15, 0.2) is 11.5 Å². The third kappa shape index (κ3) is 4.35. The van der Waals surface area contributed by atoms with Crippen LogP contribution >= 0.6 is 22.7 Å². The first-order chi connectivity index (χ1) is 17.1. The van der Waals surface area contributed by atoms with E-state index in [0.29, 0.717) is 22.8 Å². The summed E-state index contributed by atoms with van der Waals surface area (Å²) in [5.74, 6) is 1.09. The van der Waals surface area contributed by atoms with Gasteiger partial charge in [-0.3, -0.25) is 9.69 Å². The van der Waals surface area contributed by atoms with E-state index in [0.717, 1.165) is 51.8 Å². The van der Waals surface area contributed by atoms with E-state index in [-0.39, 0.29) is 5.91 Å². The van der Waals surface area contributed by atoms with Crippen LogP contribution in [0, 0.1) is 0 Å². The molecule has 0 aliphatic carbocycles. The molecule has 0 unspecified atom stereocenters. The zero-order valence-corrected chi connectivity index (χ0v) is 21.8. The summed E-state index contributed by atoms with van der Waals surface area (Å²) in [6.07, 6.45) is 0.935. The number of thiazole rings is 1. The van der Waals surface area contributed by atoms with E-state index in [1.165, 1.54) is 24.7 Å². The Morgan fingerprint density at radius 1 is 1.09 bits per heavy atom. The highest BCUT2D eigenvalue weighted by molar-refractivity contribution is 7.23. The van der Waals surface area contributed by atoms with Gasteiger partial charge in [-0.1, -0.05) is 19.1 Å². The summed E-state index contributed by atoms with van der Waals surface area (Å²) in [6.45, 7) is 5.06. The molecule has 0 saturated carbocycles. The molecule has 4 aromatic rings. The highest BCUT2D eigenvalue weighted by Crippen LogP contribution is 2.46. The van der Waals surface area contributed by atoms with Crippen molar-refractivity contribution in [1.29, 1.82) is 0 Å². The molecule has 0 radical (unpaired) electrons. The number of aromatic nitrogens is 1. The number of carbonyl (C=O) groups excluding carboxylic acids is 1. The maximum atomic E-state index is 13.5. The molecule has 0 fully saturated rings. The van der Waals surface area contributed by atoms with Gasteiger partial charge in [-0.2, -0.15) is 0 Å². The summed E-state index contributed by atoms with van der Waals surface area (Å²) in [5.41, 5.74) is 3.73. The van der Waals surface area contributed by atoms with E-state index in [4.69, 9.17) is 19.2 Å². The molecule has 0 spiro atoms. The van der Waals surface area contributed by atoms with Crippen molar-refractivity contribution < 1.29 is 19.0 Å². The Hall–Kier alpha value is -3.14. The van der Waals surface area contributed by atoms with Crippen LogP contribution in [0.1, 0.15) is 27.7 Å². The fourth-order valence-electron chi connectivity index (χ4n) is 4.41. The molecule has 2 aromatic heterocycles. The Morgan fingerprint density at radius 3 is 2.49 bits per heavy atom. The van der Waals surface area contributed by atoms with Gasteiger partial charge in [0, 0.05) is 29.1 Å². The molecule has 9 heteroatoms. The molecule has 0 saturated heterocycles. The summed E-state index contributed by atoms with van der Waals surface area (Å²) in [7, 11) is 4.62. The van der Waals surface area contributed by atoms with Crippen molar-refractivity contribution in [3.05, 3.63) is 52.4 Å². The highest BCUT2D eigenvalue weighted by Gasteiger charge is 2.28. The number of anilines is 1. The first kappa shape index (κ1) is 23.6. The van der Waals surface area contributed by atoms with Crippen molar-refractivity contribution >= 4 is 43.8 Å². The van der Waals surface area contributed by atoms with Crippen LogP contribution in [0.15, 0.2) is 36.4 Å². The van der Waals surface area contributed by atoms with E-state index in [9.17, 15) is 4.79 Å². The zero-order chi connectivity index (χ0) is 24.5. The van der Waals surface area contributed by atoms with E-state index in [1.54, 1.807) is 41.9 Å². The van der Waals surface area contributed by atoms with Crippen molar-refractivity contribution in [3.8, 4) is 27.8 Å². The molecule has 7 nitrogen and oxygen atoms in total. The summed E-state index contributed by atoms with van der Waals surface area (Å²) in [4.78, 5) is 22.1. The molecule has 1 amide bonds. The first-order valence-electron chi connectivity index (χ1n) is 11.4. The minimum Gasteiger partial charge on any atom is -0.493 e. The molecule has 1 N–H and O–H groups in total. The van der Waals surface area contributed by atoms with Crippen LogP contribution < -0.4 is 19.5 Å². The minimum absolute atomic E-state index is 0.238.